The summed E-state index contributed by atoms with van der Waals surface area (Å²) in [5.41, 5.74) is 9.42. The first-order valence-electron chi connectivity index (χ1n) is 31.9. The van der Waals surface area contributed by atoms with Gasteiger partial charge in [0.1, 0.15) is 77.8 Å². The van der Waals surface area contributed by atoms with Crippen molar-refractivity contribution >= 4 is 70.9 Å². The van der Waals surface area contributed by atoms with E-state index in [0.717, 1.165) is 70.9 Å². The van der Waals surface area contributed by atoms with E-state index in [-0.39, 0.29) is 22.5 Å². The van der Waals surface area contributed by atoms with E-state index in [1.165, 1.54) is 44.2 Å². The van der Waals surface area contributed by atoms with Crippen LogP contribution in [0.2, 0.25) is 0 Å². The van der Waals surface area contributed by atoms with Gasteiger partial charge in [0, 0.05) is 30.5 Å². The topological polar surface area (TPSA) is 566 Å². The van der Waals surface area contributed by atoms with Crippen molar-refractivity contribution in [3.8, 4) is 17.0 Å². The van der Waals surface area contributed by atoms with Crippen LogP contribution in [0.25, 0.3) is 11.3 Å². The lowest BCUT2D eigenvalue weighted by atomic mass is 9.97. The van der Waals surface area contributed by atoms with Gasteiger partial charge in [-0.3, -0.25) is 57.5 Å². The summed E-state index contributed by atoms with van der Waals surface area (Å²) in [5, 5.41) is 99.8. The highest BCUT2D eigenvalue weighted by Crippen LogP contribution is 2.32. The van der Waals surface area contributed by atoms with Crippen LogP contribution < -0.4 is 64.6 Å². The number of carbonyl (C=O) groups excluding carboxylic acids is 12. The molecule has 98 heavy (non-hydrogen) atoms. The molecule has 15 atom stereocenters. The number of rotatable bonds is 23. The largest absolute Gasteiger partial charge is 0.507 e. The number of fused-ring (bicyclic) bond motifs is 2. The summed E-state index contributed by atoms with van der Waals surface area (Å²) in [5.74, 6) is -15.2. The van der Waals surface area contributed by atoms with E-state index in [4.69, 9.17) is 20.9 Å². The molecule has 6 unspecified atom stereocenters. The molecule has 1 saturated heterocycles. The molecule has 22 N–H and O–H groups in total. The number of phenolic OH excluding ortho intramolecular Hbond substituents is 1. The van der Waals surface area contributed by atoms with Crippen LogP contribution in [0.1, 0.15) is 110 Å². The SMILES string of the molecule is C/C=C1/NC(=O)C2Cc3ccc(O)c(c3)-c3nc[nH]c3C[C@H](NC(=O)[C@@H](CCC(N)=O)NC(=O)CNC(=O)[C@@H](C(O)CC(N)=O)NC1=O)C(=O)NC(C)[C@H](NC(=O)/C(=C\C)NC(=O)[C@@H](O)[C@@H](/C=C/C=C/CCCCCCCC)O[C@H]1OC[C@@H](O)C(O)C1O)C(=O)NC([C@@H](C)O)C(=O)N2. The molecule has 3 aliphatic rings. The van der Waals surface area contributed by atoms with E-state index >= 15 is 0 Å². The maximum absolute atomic E-state index is 15.0. The van der Waals surface area contributed by atoms with Crippen LogP contribution in [0.4, 0.5) is 0 Å². The summed E-state index contributed by atoms with van der Waals surface area (Å²) in [6.07, 6.45) is -1.80. The number of ether oxygens (including phenoxy) is 2. The molecule has 5 rings (SSSR count). The third-order valence-corrected chi connectivity index (χ3v) is 15.9. The summed E-state index contributed by atoms with van der Waals surface area (Å²) in [7, 11) is 0. The molecule has 0 spiro atoms. The second-order valence-corrected chi connectivity index (χ2v) is 23.7. The number of phenols is 1. The molecule has 3 aliphatic heterocycles. The lowest BCUT2D eigenvalue weighted by Gasteiger charge is -2.36. The monoisotopic (exact) mass is 1380 g/mol. The Morgan fingerprint density at radius 3 is 2.16 bits per heavy atom. The Morgan fingerprint density at radius 2 is 1.49 bits per heavy atom. The van der Waals surface area contributed by atoms with E-state index in [9.17, 15) is 93.3 Å². The quantitative estimate of drug-likeness (QED) is 0.0280. The van der Waals surface area contributed by atoms with Crippen LogP contribution >= 0.6 is 0 Å². The highest BCUT2D eigenvalue weighted by atomic mass is 16.7. The van der Waals surface area contributed by atoms with Gasteiger partial charge in [0.2, 0.25) is 53.2 Å². The van der Waals surface area contributed by atoms with E-state index in [1.807, 2.05) is 6.08 Å². The van der Waals surface area contributed by atoms with Crippen LogP contribution in [0.3, 0.4) is 0 Å². The molecule has 0 aliphatic carbocycles. The predicted molar refractivity (Wildman–Crippen MR) is 344 cm³/mol. The number of hydrogen-bond donors (Lipinski definition) is 20. The van der Waals surface area contributed by atoms with Crippen LogP contribution in [0.15, 0.2) is 72.4 Å². The predicted octanol–water partition coefficient (Wildman–Crippen LogP) is -5.61. The van der Waals surface area contributed by atoms with Gasteiger partial charge in [-0.05, 0) is 64.7 Å². The number of aromatic nitrogens is 2. The first kappa shape index (κ1) is 79.2. The highest BCUT2D eigenvalue weighted by molar-refractivity contribution is 6.04. The molecule has 2 aromatic rings. The Balaban J connectivity index is 1.62. The van der Waals surface area contributed by atoms with Crippen LogP contribution in [0.5, 0.6) is 5.75 Å². The molecule has 1 aromatic heterocycles. The number of unbranched alkanes of at least 4 members (excludes halogenated alkanes) is 6. The number of benzene rings is 1. The Morgan fingerprint density at radius 1 is 0.796 bits per heavy atom. The van der Waals surface area contributed by atoms with Gasteiger partial charge in [0.25, 0.3) is 17.7 Å². The molecule has 4 bridgehead atoms. The fourth-order valence-electron chi connectivity index (χ4n) is 10.4. The summed E-state index contributed by atoms with van der Waals surface area (Å²) in [4.78, 5) is 175. The highest BCUT2D eigenvalue weighted by Gasteiger charge is 2.43. The molecular formula is C63H90N14O21. The molecular weight excluding hydrogens is 1290 g/mol. The number of nitrogens with two attached hydrogens (primary N) is 2. The number of nitrogens with one attached hydrogen (secondary N) is 11. The van der Waals surface area contributed by atoms with Gasteiger partial charge in [-0.25, -0.2) is 4.98 Å². The third kappa shape index (κ3) is 23.4. The van der Waals surface area contributed by atoms with Gasteiger partial charge in [0.15, 0.2) is 12.4 Å². The van der Waals surface area contributed by atoms with Crippen molar-refractivity contribution in [3.63, 3.8) is 0 Å². The summed E-state index contributed by atoms with van der Waals surface area (Å²) in [6, 6.07) is -9.64. The van der Waals surface area contributed by atoms with Crippen molar-refractivity contribution < 1.29 is 103 Å². The number of primary amides is 2. The van der Waals surface area contributed by atoms with Crippen molar-refractivity contribution in [1.29, 1.82) is 0 Å². The number of aliphatic hydroxyl groups excluding tert-OH is 6. The number of aliphatic hydroxyl groups is 6. The van der Waals surface area contributed by atoms with Crippen molar-refractivity contribution in [2.45, 2.75) is 203 Å². The maximum atomic E-state index is 15.0. The normalized spacial score (nSPS) is 26.2. The summed E-state index contributed by atoms with van der Waals surface area (Å²) in [6.45, 7) is 5.28. The van der Waals surface area contributed by atoms with Gasteiger partial charge < -0.3 is 115 Å². The lowest BCUT2D eigenvalue weighted by Crippen LogP contribution is -2.64. The van der Waals surface area contributed by atoms with Gasteiger partial charge in [-0.1, -0.05) is 81.6 Å². The number of hydrogen-bond acceptors (Lipinski definition) is 22. The molecule has 0 saturated carbocycles. The van der Waals surface area contributed by atoms with Crippen LogP contribution in [0, 0.1) is 0 Å². The zero-order chi connectivity index (χ0) is 72.5. The van der Waals surface area contributed by atoms with Crippen LogP contribution in [-0.4, -0.2) is 221 Å². The Bertz CT molecular complexity index is 3320. The average Bonchev–Trinajstić information content (AvgIpc) is 1.47. The molecule has 12 amide bonds. The zero-order valence-electron chi connectivity index (χ0n) is 54.8. The minimum absolute atomic E-state index is 0.00450. The molecule has 35 heteroatoms. The Kier molecular flexibility index (Phi) is 31.1. The number of aromatic amines is 1. The van der Waals surface area contributed by atoms with E-state index in [2.05, 4.69) is 70.1 Å². The number of allylic oxidation sites excluding steroid dienone is 5. The lowest BCUT2D eigenvalue weighted by molar-refractivity contribution is -0.283. The molecule has 538 valence electrons. The summed E-state index contributed by atoms with van der Waals surface area (Å²) < 4.78 is 11.2. The molecule has 35 nitrogen and oxygen atoms in total. The second kappa shape index (κ2) is 38.5. The van der Waals surface area contributed by atoms with E-state index < -0.39 is 225 Å². The first-order valence-corrected chi connectivity index (χ1v) is 31.9. The second-order valence-electron chi connectivity index (χ2n) is 23.7. The number of amides is 12. The molecule has 0 radical (unpaired) electrons. The maximum Gasteiger partial charge on any atom is 0.268 e. The fraction of sp³-hybridized carbons (Fsp3) is 0.540. The van der Waals surface area contributed by atoms with E-state index in [0.29, 0.717) is 6.42 Å². The van der Waals surface area contributed by atoms with Gasteiger partial charge in [-0.2, -0.15) is 0 Å². The number of imidazole rings is 1. The smallest absolute Gasteiger partial charge is 0.268 e. The average molecular weight is 1380 g/mol. The van der Waals surface area contributed by atoms with Crippen molar-refractivity contribution in [2.24, 2.45) is 11.5 Å². The van der Waals surface area contributed by atoms with Crippen LogP contribution in [-0.2, 0) is 79.8 Å². The number of H-pyrrole nitrogens is 1. The molecule has 4 heterocycles. The minimum atomic E-state index is -2.25. The number of aromatic hydroxyl groups is 1. The van der Waals surface area contributed by atoms with E-state index in [1.54, 1.807) is 6.08 Å². The number of nitrogens with zero attached hydrogens (tertiary/aromatic N) is 1. The Hall–Kier alpha value is -9.49. The number of carbonyl (C=O) groups is 12. The summed E-state index contributed by atoms with van der Waals surface area (Å²) >= 11 is 0. The van der Waals surface area contributed by atoms with Gasteiger partial charge in [-0.15, -0.1) is 0 Å². The van der Waals surface area contributed by atoms with Gasteiger partial charge >= 0.3 is 0 Å². The Labute approximate surface area is 563 Å². The molecule has 1 aromatic carbocycles. The standard InChI is InChI=1S/C63H90N14O21/c1-6-9-10-11-12-13-14-15-16-17-18-43(98-63-53(87)51(85)42(81)28-97-63)52(86)62(96)72-35(8-3)54(88)75-47-30(4)69-57(91)39-25-37-49(68-29-67-37)33-23-32(19-21-40(33)79)24-38(74-61(95)48(31(5)78)76-60(47)94)58(92)71-34(7-2)55(89)77-50(41(80)26-45(65)83)59(93)66-27-46(84)70-36(56(90)73-39)20-22-44(64)82/h7-8,15-19,21,23,29-31,36,38-39,41-43,47-48,50-53,63,78-81,85-87H,6,9-14,20,22,24-28H2,1-5H3,(H2,64,82)(H2,65,83)(H,66,93)(H,67,68)(H,69,91)(H,70,84)(H,71,92)(H,72,96)(H,73,90)(H,74,95)(H,75,88)(H,76,94)(H,77,89)/b16-15+,18-17+,34-7+,35-8+/t30?,31-,36-,38?,39+,41?,42-,43-,47+,48?,50-,51?,52+,53?,63-/m1/s1. The first-order chi connectivity index (χ1) is 46.5. The minimum Gasteiger partial charge on any atom is -0.507 e. The van der Waals surface area contributed by atoms with Crippen molar-refractivity contribution in [1.82, 2.24) is 63.1 Å². The van der Waals surface area contributed by atoms with Crippen molar-refractivity contribution in [3.05, 3.63) is 83.6 Å². The third-order valence-electron chi connectivity index (χ3n) is 15.9. The van der Waals surface area contributed by atoms with Crippen molar-refractivity contribution in [2.75, 3.05) is 13.2 Å². The fourth-order valence-corrected chi connectivity index (χ4v) is 10.4. The zero-order valence-corrected chi connectivity index (χ0v) is 54.8. The van der Waals surface area contributed by atoms with Gasteiger partial charge in [0.05, 0.1) is 49.8 Å². The molecule has 1 fully saturated rings.